The van der Waals surface area contributed by atoms with E-state index in [4.69, 9.17) is 5.11 Å². The van der Waals surface area contributed by atoms with E-state index < -0.39 is 27.3 Å². The fraction of sp³-hybridized carbons (Fsp3) is 0.857. The summed E-state index contributed by atoms with van der Waals surface area (Å²) in [5.41, 5.74) is -1.88. The summed E-state index contributed by atoms with van der Waals surface area (Å²) in [6.07, 6.45) is 0. The molecular formula is C7H13F2NO4S. The van der Waals surface area contributed by atoms with Crippen molar-refractivity contribution in [1.29, 1.82) is 0 Å². The molecule has 0 heterocycles. The van der Waals surface area contributed by atoms with E-state index in [-0.39, 0.29) is 10.8 Å². The molecule has 0 aliphatic carbocycles. The highest BCUT2D eigenvalue weighted by Crippen LogP contribution is 2.23. The molecule has 0 aromatic heterocycles. The van der Waals surface area contributed by atoms with Gasteiger partial charge in [-0.3, -0.25) is 4.79 Å². The molecule has 0 aromatic rings. The van der Waals surface area contributed by atoms with Gasteiger partial charge in [0.2, 0.25) is 0 Å². The molecule has 0 fully saturated rings. The lowest BCUT2D eigenvalue weighted by atomic mass is 10.1. The van der Waals surface area contributed by atoms with Crippen LogP contribution >= 0.6 is 0 Å². The van der Waals surface area contributed by atoms with E-state index in [2.05, 4.69) is 0 Å². The molecule has 15 heavy (non-hydrogen) atoms. The van der Waals surface area contributed by atoms with Crippen LogP contribution in [0, 0.1) is 0 Å². The second-order valence-corrected chi connectivity index (χ2v) is 5.16. The fourth-order valence-corrected chi connectivity index (χ4v) is 2.36. The Morgan fingerprint density at radius 1 is 1.47 bits per heavy atom. The zero-order valence-corrected chi connectivity index (χ0v) is 9.38. The molecule has 0 saturated heterocycles. The Hall–Kier alpha value is -0.760. The van der Waals surface area contributed by atoms with Crippen molar-refractivity contribution in [3.05, 3.63) is 0 Å². The average Bonchev–Trinajstić information content (AvgIpc) is 2.03. The highest BCUT2D eigenvalue weighted by molar-refractivity contribution is 7.89. The molecule has 0 radical (unpaired) electrons. The van der Waals surface area contributed by atoms with Crippen LogP contribution in [0.1, 0.15) is 20.8 Å². The van der Waals surface area contributed by atoms with Crippen LogP contribution in [0.15, 0.2) is 0 Å². The van der Waals surface area contributed by atoms with E-state index in [1.807, 2.05) is 0 Å². The van der Waals surface area contributed by atoms with Crippen molar-refractivity contribution < 1.29 is 27.1 Å². The molecule has 0 atom stereocenters. The molecule has 0 spiro atoms. The minimum atomic E-state index is -4.87. The van der Waals surface area contributed by atoms with Crippen LogP contribution in [0.5, 0.6) is 0 Å². The third-order valence-electron chi connectivity index (χ3n) is 1.97. The van der Waals surface area contributed by atoms with Crippen LogP contribution in [0.2, 0.25) is 0 Å². The SMILES string of the molecule is CCN(C(C)(C)C(=O)O)S(=O)(=O)C(F)F. The summed E-state index contributed by atoms with van der Waals surface area (Å²) >= 11 is 0. The van der Waals surface area contributed by atoms with Gasteiger partial charge in [-0.2, -0.15) is 13.1 Å². The van der Waals surface area contributed by atoms with Crippen LogP contribution in [0.25, 0.3) is 0 Å². The lowest BCUT2D eigenvalue weighted by Crippen LogP contribution is -2.54. The van der Waals surface area contributed by atoms with E-state index in [9.17, 15) is 22.0 Å². The normalized spacial score (nSPS) is 13.5. The van der Waals surface area contributed by atoms with Gasteiger partial charge in [0.05, 0.1) is 0 Å². The highest BCUT2D eigenvalue weighted by atomic mass is 32.2. The summed E-state index contributed by atoms with van der Waals surface area (Å²) in [5, 5.41) is 8.74. The van der Waals surface area contributed by atoms with E-state index in [0.717, 1.165) is 13.8 Å². The lowest BCUT2D eigenvalue weighted by molar-refractivity contribution is -0.146. The van der Waals surface area contributed by atoms with E-state index in [1.165, 1.54) is 6.92 Å². The Kier molecular flexibility index (Phi) is 4.17. The van der Waals surface area contributed by atoms with Crippen molar-refractivity contribution >= 4 is 16.0 Å². The Labute approximate surface area is 86.7 Å². The second-order valence-electron chi connectivity index (χ2n) is 3.33. The predicted octanol–water partition coefficient (Wildman–Crippen LogP) is 0.724. The maximum atomic E-state index is 12.2. The van der Waals surface area contributed by atoms with Crippen LogP contribution in [-0.2, 0) is 14.8 Å². The molecule has 0 aromatic carbocycles. The van der Waals surface area contributed by atoms with Crippen molar-refractivity contribution in [2.45, 2.75) is 32.1 Å². The van der Waals surface area contributed by atoms with Gasteiger partial charge < -0.3 is 5.11 Å². The first-order valence-electron chi connectivity index (χ1n) is 4.11. The van der Waals surface area contributed by atoms with Crippen molar-refractivity contribution in [3.63, 3.8) is 0 Å². The van der Waals surface area contributed by atoms with Crippen molar-refractivity contribution in [2.75, 3.05) is 6.54 Å². The minimum absolute atomic E-state index is 0.271. The third-order valence-corrected chi connectivity index (χ3v) is 3.75. The van der Waals surface area contributed by atoms with Gasteiger partial charge in [-0.15, -0.1) is 0 Å². The summed E-state index contributed by atoms with van der Waals surface area (Å²) in [7, 11) is -4.87. The maximum absolute atomic E-state index is 12.2. The Bertz CT molecular complexity index is 339. The smallest absolute Gasteiger partial charge is 0.350 e. The Morgan fingerprint density at radius 3 is 2.07 bits per heavy atom. The maximum Gasteiger partial charge on any atom is 0.350 e. The first-order chi connectivity index (χ1) is 6.58. The molecule has 0 rings (SSSR count). The number of likely N-dealkylation sites (N-methyl/N-ethyl adjacent to an activating group) is 1. The number of alkyl halides is 2. The average molecular weight is 245 g/mol. The topological polar surface area (TPSA) is 74.7 Å². The molecule has 1 N–H and O–H groups in total. The number of aliphatic carboxylic acids is 1. The van der Waals surface area contributed by atoms with Crippen molar-refractivity contribution in [2.24, 2.45) is 0 Å². The van der Waals surface area contributed by atoms with E-state index in [0.29, 0.717) is 0 Å². The number of nitrogens with zero attached hydrogens (tertiary/aromatic N) is 1. The summed E-state index contributed by atoms with van der Waals surface area (Å²) in [6, 6.07) is 0. The largest absolute Gasteiger partial charge is 0.480 e. The van der Waals surface area contributed by atoms with Gasteiger partial charge in [-0.1, -0.05) is 6.92 Å². The van der Waals surface area contributed by atoms with Gasteiger partial charge in [-0.25, -0.2) is 8.42 Å². The number of carboxylic acids is 1. The first-order valence-corrected chi connectivity index (χ1v) is 5.62. The highest BCUT2D eigenvalue weighted by Gasteiger charge is 2.44. The summed E-state index contributed by atoms with van der Waals surface area (Å²) in [4.78, 5) is 10.7. The number of carboxylic acid groups (broad SMARTS) is 1. The number of rotatable bonds is 5. The van der Waals surface area contributed by atoms with Crippen LogP contribution in [0.3, 0.4) is 0 Å². The molecule has 0 amide bonds. The van der Waals surface area contributed by atoms with E-state index in [1.54, 1.807) is 0 Å². The van der Waals surface area contributed by atoms with Crippen molar-refractivity contribution in [3.8, 4) is 0 Å². The monoisotopic (exact) mass is 245 g/mol. The zero-order valence-electron chi connectivity index (χ0n) is 8.57. The van der Waals surface area contributed by atoms with Gasteiger partial charge in [0, 0.05) is 6.54 Å². The molecule has 90 valence electrons. The van der Waals surface area contributed by atoms with Crippen LogP contribution in [0.4, 0.5) is 8.78 Å². The number of hydrogen-bond acceptors (Lipinski definition) is 3. The van der Waals surface area contributed by atoms with Crippen molar-refractivity contribution in [1.82, 2.24) is 4.31 Å². The molecule has 0 unspecified atom stereocenters. The summed E-state index contributed by atoms with van der Waals surface area (Å²) < 4.78 is 47.0. The standard InChI is InChI=1S/C7H13F2NO4S/c1-4-10(7(2,3)5(11)12)15(13,14)6(8)9/h6H,4H2,1-3H3,(H,11,12). The Morgan fingerprint density at radius 2 is 1.87 bits per heavy atom. The zero-order chi connectivity index (χ0) is 12.4. The number of sulfonamides is 1. The molecule has 0 aliphatic heterocycles. The molecule has 0 bridgehead atoms. The van der Waals surface area contributed by atoms with Crippen LogP contribution < -0.4 is 0 Å². The summed E-state index contributed by atoms with van der Waals surface area (Å²) in [6.45, 7) is 3.08. The predicted molar refractivity (Wildman–Crippen MR) is 49.0 cm³/mol. The minimum Gasteiger partial charge on any atom is -0.480 e. The van der Waals surface area contributed by atoms with Crippen LogP contribution in [-0.4, -0.2) is 41.6 Å². The third kappa shape index (κ3) is 2.63. The molecule has 5 nitrogen and oxygen atoms in total. The number of hydrogen-bond donors (Lipinski definition) is 1. The number of halogens is 2. The molecule has 0 saturated carbocycles. The quantitative estimate of drug-likeness (QED) is 0.774. The number of carbonyl (C=O) groups is 1. The van der Waals surface area contributed by atoms with Gasteiger partial charge in [-0.05, 0) is 13.8 Å². The lowest BCUT2D eigenvalue weighted by Gasteiger charge is -2.32. The first kappa shape index (κ1) is 14.2. The van der Waals surface area contributed by atoms with Gasteiger partial charge >= 0.3 is 11.7 Å². The fourth-order valence-electron chi connectivity index (χ4n) is 1.10. The molecule has 0 aliphatic rings. The van der Waals surface area contributed by atoms with Gasteiger partial charge in [0.25, 0.3) is 10.0 Å². The molecule has 8 heteroatoms. The van der Waals surface area contributed by atoms with Gasteiger partial charge in [0.15, 0.2) is 0 Å². The van der Waals surface area contributed by atoms with Gasteiger partial charge in [0.1, 0.15) is 5.54 Å². The van der Waals surface area contributed by atoms with E-state index >= 15 is 0 Å². The Balaban J connectivity index is 5.37. The summed E-state index contributed by atoms with van der Waals surface area (Å²) in [5.74, 6) is -5.09. The molecular weight excluding hydrogens is 232 g/mol. The second kappa shape index (κ2) is 4.40.